The largest absolute Gasteiger partial charge is 0.341 e. The fourth-order valence-electron chi connectivity index (χ4n) is 3.68. The van der Waals surface area contributed by atoms with Crippen molar-refractivity contribution in [3.8, 4) is 11.1 Å². The third kappa shape index (κ3) is 4.59. The van der Waals surface area contributed by atoms with Crippen LogP contribution in [0, 0.1) is 12.7 Å². The molecule has 0 radical (unpaired) electrons. The molecule has 1 N–H and O–H groups in total. The van der Waals surface area contributed by atoms with E-state index in [0.717, 1.165) is 22.3 Å². The normalized spacial score (nSPS) is 11.4. The van der Waals surface area contributed by atoms with Gasteiger partial charge < -0.3 is 5.32 Å². The van der Waals surface area contributed by atoms with Crippen LogP contribution in [0.1, 0.15) is 41.0 Å². The van der Waals surface area contributed by atoms with Crippen LogP contribution in [0.2, 0.25) is 0 Å². The van der Waals surface area contributed by atoms with Crippen molar-refractivity contribution in [3.63, 3.8) is 0 Å². The topological polar surface area (TPSA) is 59.8 Å². The van der Waals surface area contributed by atoms with Crippen molar-refractivity contribution in [2.75, 3.05) is 0 Å². The lowest BCUT2D eigenvalue weighted by molar-refractivity contribution is 0.0910. The molecule has 162 valence electrons. The second-order valence-electron chi connectivity index (χ2n) is 8.37. The second-order valence-corrected chi connectivity index (χ2v) is 8.37. The molecule has 0 saturated carbocycles. The Bertz CT molecular complexity index is 1230. The number of carbonyl (C=O) groups excluding carboxylic acids is 1. The average molecular weight is 429 g/mol. The SMILES string of the molecule is Cc1cccc(-c2ccc(F)cc2)c1C(=O)NC(C)(C)c1cn(Cc2ccccc2)nn1. The van der Waals surface area contributed by atoms with Crippen molar-refractivity contribution in [2.45, 2.75) is 32.9 Å². The van der Waals surface area contributed by atoms with Gasteiger partial charge in [-0.05, 0) is 55.2 Å². The Morgan fingerprint density at radius 2 is 1.72 bits per heavy atom. The van der Waals surface area contributed by atoms with Crippen molar-refractivity contribution in [3.05, 3.63) is 107 Å². The van der Waals surface area contributed by atoms with Crippen LogP contribution in [0.15, 0.2) is 79.0 Å². The third-order valence-corrected chi connectivity index (χ3v) is 5.45. The fraction of sp³-hybridized carbons (Fsp3) is 0.192. The molecule has 1 heterocycles. The molecule has 3 aromatic carbocycles. The predicted molar refractivity (Wildman–Crippen MR) is 123 cm³/mol. The molecular weight excluding hydrogens is 403 g/mol. The highest BCUT2D eigenvalue weighted by molar-refractivity contribution is 6.02. The number of halogens is 1. The van der Waals surface area contributed by atoms with E-state index >= 15 is 0 Å². The quantitative estimate of drug-likeness (QED) is 0.464. The molecule has 1 aromatic heterocycles. The Morgan fingerprint density at radius 1 is 1.00 bits per heavy atom. The number of hydrogen-bond acceptors (Lipinski definition) is 3. The zero-order chi connectivity index (χ0) is 22.7. The van der Waals surface area contributed by atoms with Crippen LogP contribution in [0.3, 0.4) is 0 Å². The lowest BCUT2D eigenvalue weighted by Crippen LogP contribution is -2.41. The van der Waals surface area contributed by atoms with Crippen LogP contribution in [-0.2, 0) is 12.1 Å². The Labute approximate surface area is 186 Å². The van der Waals surface area contributed by atoms with E-state index in [-0.39, 0.29) is 11.7 Å². The van der Waals surface area contributed by atoms with Gasteiger partial charge >= 0.3 is 0 Å². The summed E-state index contributed by atoms with van der Waals surface area (Å²) in [4.78, 5) is 13.4. The molecule has 0 unspecified atom stereocenters. The van der Waals surface area contributed by atoms with Crippen molar-refractivity contribution in [2.24, 2.45) is 0 Å². The molecule has 0 aliphatic heterocycles. The molecule has 0 saturated heterocycles. The number of nitrogens with one attached hydrogen (secondary N) is 1. The summed E-state index contributed by atoms with van der Waals surface area (Å²) in [7, 11) is 0. The Balaban J connectivity index is 1.58. The molecular formula is C26H25FN4O. The van der Waals surface area contributed by atoms with E-state index in [9.17, 15) is 9.18 Å². The first kappa shape index (κ1) is 21.4. The monoisotopic (exact) mass is 428 g/mol. The van der Waals surface area contributed by atoms with Crippen molar-refractivity contribution in [1.29, 1.82) is 0 Å². The van der Waals surface area contributed by atoms with Gasteiger partial charge in [-0.15, -0.1) is 5.10 Å². The minimum atomic E-state index is -0.742. The minimum absolute atomic E-state index is 0.218. The Kier molecular flexibility index (Phi) is 5.86. The smallest absolute Gasteiger partial charge is 0.252 e. The molecule has 0 aliphatic carbocycles. The highest BCUT2D eigenvalue weighted by Crippen LogP contribution is 2.28. The van der Waals surface area contributed by atoms with E-state index in [1.807, 2.05) is 75.5 Å². The first-order valence-corrected chi connectivity index (χ1v) is 10.5. The fourth-order valence-corrected chi connectivity index (χ4v) is 3.68. The predicted octanol–water partition coefficient (Wildman–Crippen LogP) is 5.11. The van der Waals surface area contributed by atoms with Gasteiger partial charge in [0.2, 0.25) is 0 Å². The average Bonchev–Trinajstić information content (AvgIpc) is 3.24. The molecule has 5 nitrogen and oxygen atoms in total. The summed E-state index contributed by atoms with van der Waals surface area (Å²) in [5, 5.41) is 11.6. The van der Waals surface area contributed by atoms with Gasteiger partial charge in [-0.1, -0.05) is 65.9 Å². The molecule has 0 aliphatic rings. The summed E-state index contributed by atoms with van der Waals surface area (Å²) in [6.07, 6.45) is 1.85. The van der Waals surface area contributed by atoms with E-state index in [4.69, 9.17) is 0 Å². The van der Waals surface area contributed by atoms with Crippen LogP contribution in [0.5, 0.6) is 0 Å². The van der Waals surface area contributed by atoms with Crippen molar-refractivity contribution in [1.82, 2.24) is 20.3 Å². The highest BCUT2D eigenvalue weighted by Gasteiger charge is 2.28. The number of aromatic nitrogens is 3. The standard InChI is InChI=1S/C26H25FN4O/c1-18-8-7-11-22(20-12-14-21(27)15-13-20)24(18)25(32)28-26(2,3)23-17-31(30-29-23)16-19-9-5-4-6-10-19/h4-15,17H,16H2,1-3H3,(H,28,32). The zero-order valence-corrected chi connectivity index (χ0v) is 18.3. The maximum atomic E-state index is 13.4. The van der Waals surface area contributed by atoms with E-state index in [1.165, 1.54) is 12.1 Å². The van der Waals surface area contributed by atoms with Crippen LogP contribution in [0.4, 0.5) is 4.39 Å². The van der Waals surface area contributed by atoms with E-state index in [1.54, 1.807) is 16.8 Å². The molecule has 6 heteroatoms. The van der Waals surface area contributed by atoms with Gasteiger partial charge in [0, 0.05) is 0 Å². The maximum absolute atomic E-state index is 13.4. The van der Waals surface area contributed by atoms with Gasteiger partial charge in [0.05, 0.1) is 23.8 Å². The number of rotatable bonds is 6. The number of carbonyl (C=O) groups is 1. The molecule has 0 atom stereocenters. The summed E-state index contributed by atoms with van der Waals surface area (Å²) >= 11 is 0. The number of aryl methyl sites for hydroxylation is 1. The first-order chi connectivity index (χ1) is 15.3. The zero-order valence-electron chi connectivity index (χ0n) is 18.3. The molecule has 4 aromatic rings. The number of nitrogens with zero attached hydrogens (tertiary/aromatic N) is 3. The summed E-state index contributed by atoms with van der Waals surface area (Å²) in [6, 6.07) is 21.8. The molecule has 1 amide bonds. The minimum Gasteiger partial charge on any atom is -0.341 e. The summed E-state index contributed by atoms with van der Waals surface area (Å²) < 4.78 is 15.2. The molecule has 4 rings (SSSR count). The van der Waals surface area contributed by atoms with E-state index in [0.29, 0.717) is 17.8 Å². The summed E-state index contributed by atoms with van der Waals surface area (Å²) in [5.74, 6) is -0.530. The lowest BCUT2D eigenvalue weighted by Gasteiger charge is -2.25. The summed E-state index contributed by atoms with van der Waals surface area (Å²) in [5.41, 5.74) is 3.98. The summed E-state index contributed by atoms with van der Waals surface area (Å²) in [6.45, 7) is 6.30. The van der Waals surface area contributed by atoms with Gasteiger partial charge in [0.15, 0.2) is 0 Å². The van der Waals surface area contributed by atoms with Gasteiger partial charge in [-0.3, -0.25) is 4.79 Å². The molecule has 32 heavy (non-hydrogen) atoms. The lowest BCUT2D eigenvalue weighted by atomic mass is 9.93. The third-order valence-electron chi connectivity index (χ3n) is 5.45. The van der Waals surface area contributed by atoms with E-state index in [2.05, 4.69) is 15.6 Å². The van der Waals surface area contributed by atoms with Gasteiger partial charge in [0.1, 0.15) is 11.5 Å². The highest BCUT2D eigenvalue weighted by atomic mass is 19.1. The van der Waals surface area contributed by atoms with E-state index < -0.39 is 5.54 Å². The van der Waals surface area contributed by atoms with Crippen LogP contribution in [-0.4, -0.2) is 20.9 Å². The van der Waals surface area contributed by atoms with Crippen molar-refractivity contribution >= 4 is 5.91 Å². The number of hydrogen-bond donors (Lipinski definition) is 1. The second kappa shape index (κ2) is 8.75. The Hall–Kier alpha value is -3.80. The number of amides is 1. The Morgan fingerprint density at radius 3 is 2.44 bits per heavy atom. The van der Waals surface area contributed by atoms with Crippen LogP contribution < -0.4 is 5.32 Å². The van der Waals surface area contributed by atoms with Gasteiger partial charge in [-0.25, -0.2) is 9.07 Å². The first-order valence-electron chi connectivity index (χ1n) is 10.5. The van der Waals surface area contributed by atoms with Crippen molar-refractivity contribution < 1.29 is 9.18 Å². The van der Waals surface area contributed by atoms with Crippen LogP contribution in [0.25, 0.3) is 11.1 Å². The van der Waals surface area contributed by atoms with Crippen LogP contribution >= 0.6 is 0 Å². The molecule has 0 fully saturated rings. The number of benzene rings is 3. The maximum Gasteiger partial charge on any atom is 0.252 e. The molecule has 0 spiro atoms. The van der Waals surface area contributed by atoms with Gasteiger partial charge in [-0.2, -0.15) is 0 Å². The molecule has 0 bridgehead atoms. The van der Waals surface area contributed by atoms with Gasteiger partial charge in [0.25, 0.3) is 5.91 Å².